The van der Waals surface area contributed by atoms with Gasteiger partial charge in [-0.05, 0) is 29.0 Å². The number of benzene rings is 2. The zero-order valence-corrected chi connectivity index (χ0v) is 16.6. The Labute approximate surface area is 169 Å². The van der Waals surface area contributed by atoms with Crippen molar-refractivity contribution in [2.24, 2.45) is 0 Å². The molecule has 0 spiro atoms. The molecule has 1 amide bonds. The number of hydrogen-bond donors (Lipinski definition) is 1. The number of pyridine rings is 1. The van der Waals surface area contributed by atoms with E-state index in [1.165, 1.54) is 16.6 Å². The molecule has 1 aliphatic rings. The predicted octanol–water partition coefficient (Wildman–Crippen LogP) is 1.37. The summed E-state index contributed by atoms with van der Waals surface area (Å²) in [6.45, 7) is 1.29. The van der Waals surface area contributed by atoms with Gasteiger partial charge in [0.15, 0.2) is 11.9 Å². The Balaban J connectivity index is 1.43. The van der Waals surface area contributed by atoms with Gasteiger partial charge in [-0.25, -0.2) is 8.42 Å². The Morgan fingerprint density at radius 1 is 0.966 bits per heavy atom. The Morgan fingerprint density at radius 3 is 2.41 bits per heavy atom. The van der Waals surface area contributed by atoms with Gasteiger partial charge >= 0.3 is 0 Å². The molecule has 2 heterocycles. The fourth-order valence-corrected chi connectivity index (χ4v) is 4.98. The first kappa shape index (κ1) is 19.4. The highest BCUT2D eigenvalue weighted by molar-refractivity contribution is 7.89. The van der Waals surface area contributed by atoms with E-state index in [9.17, 15) is 18.3 Å². The number of piperazine rings is 1. The van der Waals surface area contributed by atoms with E-state index in [4.69, 9.17) is 0 Å². The lowest BCUT2D eigenvalue weighted by Crippen LogP contribution is -2.53. The molecule has 0 radical (unpaired) electrons. The van der Waals surface area contributed by atoms with Gasteiger partial charge in [0.1, 0.15) is 0 Å². The summed E-state index contributed by atoms with van der Waals surface area (Å²) in [4.78, 5) is 14.4. The van der Waals surface area contributed by atoms with E-state index >= 15 is 0 Å². The SMILES string of the molecule is O=C(C[n+]1cccc(O)c1)N1CCN(S(=O)(=O)c2ccc3ccccc3c2)CC1. The number of carbonyl (C=O) groups excluding carboxylic acids is 1. The van der Waals surface area contributed by atoms with E-state index in [2.05, 4.69) is 0 Å². The molecule has 1 aliphatic heterocycles. The van der Waals surface area contributed by atoms with Crippen molar-refractivity contribution in [1.29, 1.82) is 0 Å². The van der Waals surface area contributed by atoms with Gasteiger partial charge in [0, 0.05) is 32.2 Å². The first-order valence-electron chi connectivity index (χ1n) is 9.38. The first-order valence-corrected chi connectivity index (χ1v) is 10.8. The van der Waals surface area contributed by atoms with Gasteiger partial charge in [0.25, 0.3) is 5.91 Å². The Kier molecular flexibility index (Phi) is 5.21. The second kappa shape index (κ2) is 7.81. The third-order valence-electron chi connectivity index (χ3n) is 5.11. The number of hydrogen-bond acceptors (Lipinski definition) is 4. The zero-order chi connectivity index (χ0) is 20.4. The van der Waals surface area contributed by atoms with Crippen molar-refractivity contribution in [3.63, 3.8) is 0 Å². The summed E-state index contributed by atoms with van der Waals surface area (Å²) in [7, 11) is -3.61. The fourth-order valence-electron chi connectivity index (χ4n) is 3.52. The fraction of sp³-hybridized carbons (Fsp3) is 0.238. The highest BCUT2D eigenvalue weighted by Gasteiger charge is 2.31. The molecule has 8 heteroatoms. The van der Waals surface area contributed by atoms with Gasteiger partial charge in [-0.1, -0.05) is 30.3 Å². The number of sulfonamides is 1. The molecule has 4 rings (SSSR count). The lowest BCUT2D eigenvalue weighted by Gasteiger charge is -2.33. The molecule has 3 aromatic rings. The van der Waals surface area contributed by atoms with Crippen LogP contribution < -0.4 is 4.57 Å². The summed E-state index contributed by atoms with van der Waals surface area (Å²) < 4.78 is 29.1. The van der Waals surface area contributed by atoms with Gasteiger partial charge in [-0.3, -0.25) is 4.79 Å². The molecule has 0 unspecified atom stereocenters. The van der Waals surface area contributed by atoms with Crippen LogP contribution in [0, 0.1) is 0 Å². The summed E-state index contributed by atoms with van der Waals surface area (Å²) in [6.07, 6.45) is 3.19. The minimum absolute atomic E-state index is 0.0894. The average molecular weight is 412 g/mol. The number of fused-ring (bicyclic) bond motifs is 1. The molecule has 0 aliphatic carbocycles. The second-order valence-electron chi connectivity index (χ2n) is 7.03. The Hall–Kier alpha value is -2.97. The van der Waals surface area contributed by atoms with Crippen molar-refractivity contribution < 1.29 is 22.9 Å². The normalized spacial score (nSPS) is 15.5. The Bertz CT molecular complexity index is 1160. The van der Waals surface area contributed by atoms with Crippen molar-refractivity contribution in [3.8, 4) is 5.75 Å². The molecular weight excluding hydrogens is 390 g/mol. The summed E-state index contributed by atoms with van der Waals surface area (Å²) >= 11 is 0. The minimum atomic E-state index is -3.61. The molecule has 0 bridgehead atoms. The first-order chi connectivity index (χ1) is 13.9. The maximum atomic E-state index is 13.0. The number of aromatic hydroxyl groups is 1. The van der Waals surface area contributed by atoms with Crippen molar-refractivity contribution in [2.45, 2.75) is 11.4 Å². The highest BCUT2D eigenvalue weighted by Crippen LogP contribution is 2.22. The third kappa shape index (κ3) is 4.08. The van der Waals surface area contributed by atoms with Gasteiger partial charge < -0.3 is 10.0 Å². The molecule has 1 N–H and O–H groups in total. The van der Waals surface area contributed by atoms with E-state index < -0.39 is 10.0 Å². The second-order valence-corrected chi connectivity index (χ2v) is 8.97. The van der Waals surface area contributed by atoms with Crippen LogP contribution in [-0.2, 0) is 21.4 Å². The van der Waals surface area contributed by atoms with Crippen LogP contribution >= 0.6 is 0 Å². The van der Waals surface area contributed by atoms with Gasteiger partial charge in [0.2, 0.25) is 22.8 Å². The van der Waals surface area contributed by atoms with Gasteiger partial charge in [-0.2, -0.15) is 8.87 Å². The van der Waals surface area contributed by atoms with Gasteiger partial charge in [-0.15, -0.1) is 0 Å². The number of rotatable bonds is 4. The molecule has 0 atom stereocenters. The number of amides is 1. The molecule has 29 heavy (non-hydrogen) atoms. The van der Waals surface area contributed by atoms with Crippen LogP contribution in [0.1, 0.15) is 0 Å². The smallest absolute Gasteiger partial charge is 0.288 e. The minimum Gasteiger partial charge on any atom is -0.503 e. The van der Waals surface area contributed by atoms with Crippen LogP contribution in [0.2, 0.25) is 0 Å². The number of nitrogens with zero attached hydrogens (tertiary/aromatic N) is 3. The molecule has 1 aromatic heterocycles. The van der Waals surface area contributed by atoms with Crippen LogP contribution in [0.15, 0.2) is 71.9 Å². The summed E-state index contributed by atoms with van der Waals surface area (Å²) in [5.41, 5.74) is 0. The van der Waals surface area contributed by atoms with E-state index in [1.807, 2.05) is 30.3 Å². The Morgan fingerprint density at radius 2 is 1.69 bits per heavy atom. The summed E-state index contributed by atoms with van der Waals surface area (Å²) in [6, 6.07) is 16.0. The topological polar surface area (TPSA) is 81.8 Å². The summed E-state index contributed by atoms with van der Waals surface area (Å²) in [5.74, 6) is -0.0186. The molecule has 2 aromatic carbocycles. The van der Waals surface area contributed by atoms with E-state index in [1.54, 1.807) is 33.9 Å². The van der Waals surface area contributed by atoms with Crippen molar-refractivity contribution in [3.05, 3.63) is 67.0 Å². The quantitative estimate of drug-likeness (QED) is 0.656. The van der Waals surface area contributed by atoms with E-state index in [0.29, 0.717) is 13.1 Å². The van der Waals surface area contributed by atoms with Crippen LogP contribution in [0.5, 0.6) is 5.75 Å². The lowest BCUT2D eigenvalue weighted by molar-refractivity contribution is -0.685. The molecule has 0 saturated carbocycles. The third-order valence-corrected chi connectivity index (χ3v) is 7.01. The molecule has 7 nitrogen and oxygen atoms in total. The number of aromatic nitrogens is 1. The molecule has 1 fully saturated rings. The van der Waals surface area contributed by atoms with Crippen molar-refractivity contribution in [1.82, 2.24) is 9.21 Å². The monoisotopic (exact) mass is 412 g/mol. The van der Waals surface area contributed by atoms with Gasteiger partial charge in [0.05, 0.1) is 4.90 Å². The van der Waals surface area contributed by atoms with Crippen LogP contribution in [0.4, 0.5) is 0 Å². The standard InChI is InChI=1S/C21H21N3O4S/c25-19-6-3-9-22(15-19)16-21(26)23-10-12-24(13-11-23)29(27,28)20-8-7-17-4-1-2-5-18(17)14-20/h1-9,14-15H,10-13,16H2/p+1. The lowest BCUT2D eigenvalue weighted by atomic mass is 10.1. The van der Waals surface area contributed by atoms with E-state index in [-0.39, 0.29) is 36.2 Å². The van der Waals surface area contributed by atoms with Crippen molar-refractivity contribution >= 4 is 26.7 Å². The number of carbonyl (C=O) groups is 1. The maximum absolute atomic E-state index is 13.0. The molecular formula is C21H22N3O4S+. The predicted molar refractivity (Wildman–Crippen MR) is 108 cm³/mol. The largest absolute Gasteiger partial charge is 0.503 e. The van der Waals surface area contributed by atoms with Crippen molar-refractivity contribution in [2.75, 3.05) is 26.2 Å². The van der Waals surface area contributed by atoms with E-state index in [0.717, 1.165) is 10.8 Å². The average Bonchev–Trinajstić information content (AvgIpc) is 2.73. The van der Waals surface area contributed by atoms with Crippen LogP contribution in [0.3, 0.4) is 0 Å². The molecule has 1 saturated heterocycles. The van der Waals surface area contributed by atoms with Crippen LogP contribution in [-0.4, -0.2) is 54.8 Å². The molecule has 150 valence electrons. The zero-order valence-electron chi connectivity index (χ0n) is 15.8. The summed E-state index contributed by atoms with van der Waals surface area (Å²) in [5, 5.41) is 11.4. The van der Waals surface area contributed by atoms with Crippen LogP contribution in [0.25, 0.3) is 10.8 Å². The highest BCUT2D eigenvalue weighted by atomic mass is 32.2. The maximum Gasteiger partial charge on any atom is 0.288 e.